The van der Waals surface area contributed by atoms with E-state index in [-0.39, 0.29) is 38.6 Å². The van der Waals surface area contributed by atoms with Gasteiger partial charge >= 0.3 is 19.8 Å². The minimum absolute atomic E-state index is 0.0478. The first-order valence-corrected chi connectivity index (χ1v) is 34.4. The second-order valence-electron chi connectivity index (χ2n) is 21.6. The van der Waals surface area contributed by atoms with Crippen molar-refractivity contribution in [1.82, 2.24) is 0 Å². The molecule has 0 fully saturated rings. The Kier molecular flexibility index (Phi) is 62.1. The lowest BCUT2D eigenvalue weighted by molar-refractivity contribution is -0.161. The van der Waals surface area contributed by atoms with Crippen molar-refractivity contribution in [2.24, 2.45) is 5.73 Å². The number of hydrogen-bond acceptors (Lipinski definition) is 8. The zero-order valence-electron chi connectivity index (χ0n) is 51.5. The highest BCUT2D eigenvalue weighted by molar-refractivity contribution is 7.47. The van der Waals surface area contributed by atoms with Gasteiger partial charge in [0.25, 0.3) is 0 Å². The Morgan fingerprint density at radius 2 is 0.688 bits per heavy atom. The first-order valence-electron chi connectivity index (χ1n) is 32.9. The van der Waals surface area contributed by atoms with E-state index in [0.29, 0.717) is 6.42 Å². The Morgan fingerprint density at radius 3 is 1.02 bits per heavy atom. The maximum absolute atomic E-state index is 12.7. The van der Waals surface area contributed by atoms with E-state index in [1.807, 2.05) is 0 Å². The number of carbonyl (C=O) groups is 2. The topological polar surface area (TPSA) is 134 Å². The normalized spacial score (nSPS) is 13.7. The Balaban J connectivity index is 3.98. The zero-order valence-corrected chi connectivity index (χ0v) is 52.4. The van der Waals surface area contributed by atoms with Crippen LogP contribution in [0.25, 0.3) is 0 Å². The highest BCUT2D eigenvalue weighted by Gasteiger charge is 2.26. The number of hydrogen-bond donors (Lipinski definition) is 2. The molecule has 80 heavy (non-hydrogen) atoms. The van der Waals surface area contributed by atoms with Crippen LogP contribution in [0.1, 0.15) is 290 Å². The van der Waals surface area contributed by atoms with Gasteiger partial charge in [-0.15, -0.1) is 0 Å². The number of nitrogens with two attached hydrogens (primary N) is 1. The van der Waals surface area contributed by atoms with Gasteiger partial charge in [-0.2, -0.15) is 0 Å². The molecular formula is C70H122NO8P. The Bertz CT molecular complexity index is 1680. The number of allylic oxidation sites excluding steroid dienone is 18. The van der Waals surface area contributed by atoms with Crippen molar-refractivity contribution < 1.29 is 37.6 Å². The molecule has 0 bridgehead atoms. The van der Waals surface area contributed by atoms with Crippen molar-refractivity contribution >= 4 is 19.8 Å². The number of ether oxygens (including phenoxy) is 2. The predicted octanol–water partition coefficient (Wildman–Crippen LogP) is 21.4. The quantitative estimate of drug-likeness (QED) is 0.0264. The summed E-state index contributed by atoms with van der Waals surface area (Å²) < 4.78 is 33.1. The van der Waals surface area contributed by atoms with Crippen molar-refractivity contribution in [2.45, 2.75) is 296 Å². The summed E-state index contributed by atoms with van der Waals surface area (Å²) in [4.78, 5) is 35.3. The summed E-state index contributed by atoms with van der Waals surface area (Å²) in [6.07, 6.45) is 88.7. The summed E-state index contributed by atoms with van der Waals surface area (Å²) in [6.45, 7) is 3.65. The molecule has 0 aliphatic heterocycles. The van der Waals surface area contributed by atoms with Gasteiger partial charge in [-0.1, -0.05) is 303 Å². The van der Waals surface area contributed by atoms with Gasteiger partial charge in [0.2, 0.25) is 0 Å². The summed E-state index contributed by atoms with van der Waals surface area (Å²) in [5.41, 5.74) is 5.39. The molecule has 2 atom stereocenters. The molecule has 0 amide bonds. The van der Waals surface area contributed by atoms with E-state index in [2.05, 4.69) is 123 Å². The average molecular weight is 1140 g/mol. The molecule has 0 spiro atoms. The first-order chi connectivity index (χ1) is 39.3. The van der Waals surface area contributed by atoms with E-state index in [4.69, 9.17) is 24.3 Å². The average Bonchev–Trinajstić information content (AvgIpc) is 3.45. The second-order valence-corrected chi connectivity index (χ2v) is 23.1. The molecule has 0 heterocycles. The molecule has 0 saturated carbocycles. The van der Waals surface area contributed by atoms with Gasteiger partial charge in [-0.3, -0.25) is 18.6 Å². The van der Waals surface area contributed by atoms with E-state index in [1.165, 1.54) is 154 Å². The molecule has 0 aliphatic rings. The third kappa shape index (κ3) is 63.8. The molecule has 3 N–H and O–H groups in total. The fourth-order valence-electron chi connectivity index (χ4n) is 9.10. The molecule has 10 heteroatoms. The lowest BCUT2D eigenvalue weighted by Crippen LogP contribution is -2.29. The molecule has 0 aromatic carbocycles. The van der Waals surface area contributed by atoms with Gasteiger partial charge < -0.3 is 20.1 Å². The van der Waals surface area contributed by atoms with Crippen molar-refractivity contribution in [2.75, 3.05) is 26.4 Å². The van der Waals surface area contributed by atoms with Gasteiger partial charge in [0.05, 0.1) is 13.2 Å². The van der Waals surface area contributed by atoms with Crippen LogP contribution in [-0.4, -0.2) is 49.3 Å². The second kappa shape index (κ2) is 64.8. The molecule has 0 saturated heterocycles. The van der Waals surface area contributed by atoms with E-state index in [1.54, 1.807) is 0 Å². The smallest absolute Gasteiger partial charge is 0.462 e. The summed E-state index contributed by atoms with van der Waals surface area (Å²) in [7, 11) is -4.40. The van der Waals surface area contributed by atoms with E-state index in [0.717, 1.165) is 103 Å². The summed E-state index contributed by atoms with van der Waals surface area (Å²) >= 11 is 0. The van der Waals surface area contributed by atoms with Crippen LogP contribution < -0.4 is 5.73 Å². The van der Waals surface area contributed by atoms with Crippen LogP contribution >= 0.6 is 7.82 Å². The number of phosphoric acid groups is 1. The molecule has 9 nitrogen and oxygen atoms in total. The fourth-order valence-corrected chi connectivity index (χ4v) is 9.87. The first kappa shape index (κ1) is 76.7. The minimum Gasteiger partial charge on any atom is -0.462 e. The van der Waals surface area contributed by atoms with Gasteiger partial charge in [0.15, 0.2) is 6.10 Å². The molecule has 0 radical (unpaired) electrons. The van der Waals surface area contributed by atoms with Crippen LogP contribution in [0.15, 0.2) is 109 Å². The largest absolute Gasteiger partial charge is 0.472 e. The van der Waals surface area contributed by atoms with Crippen LogP contribution in [-0.2, 0) is 32.7 Å². The number of carbonyl (C=O) groups excluding carboxylic acids is 2. The van der Waals surface area contributed by atoms with Crippen LogP contribution in [0, 0.1) is 0 Å². The van der Waals surface area contributed by atoms with E-state index in [9.17, 15) is 19.0 Å². The third-order valence-electron chi connectivity index (χ3n) is 13.9. The number of esters is 2. The van der Waals surface area contributed by atoms with Gasteiger partial charge in [-0.25, -0.2) is 4.57 Å². The molecule has 460 valence electrons. The number of phosphoric ester groups is 1. The highest BCUT2D eigenvalue weighted by Crippen LogP contribution is 2.43. The lowest BCUT2D eigenvalue weighted by atomic mass is 10.0. The molecule has 2 unspecified atom stereocenters. The summed E-state index contributed by atoms with van der Waals surface area (Å²) in [5.74, 6) is -0.835. The molecule has 0 aromatic rings. The van der Waals surface area contributed by atoms with Gasteiger partial charge in [0, 0.05) is 19.4 Å². The summed E-state index contributed by atoms with van der Waals surface area (Å²) in [6, 6.07) is 0. The van der Waals surface area contributed by atoms with Crippen molar-refractivity contribution in [3.8, 4) is 0 Å². The third-order valence-corrected chi connectivity index (χ3v) is 14.9. The van der Waals surface area contributed by atoms with Crippen molar-refractivity contribution in [1.29, 1.82) is 0 Å². The van der Waals surface area contributed by atoms with Crippen LogP contribution in [0.5, 0.6) is 0 Å². The summed E-state index contributed by atoms with van der Waals surface area (Å²) in [5, 5.41) is 0. The van der Waals surface area contributed by atoms with Gasteiger partial charge in [0.1, 0.15) is 6.61 Å². The molecule has 0 aromatic heterocycles. The molecular weight excluding hydrogens is 1010 g/mol. The monoisotopic (exact) mass is 1140 g/mol. The number of unbranched alkanes of at least 4 members (excludes halogenated alkanes) is 30. The standard InChI is InChI=1S/C70H122NO8P/c1-3-5-7-9-11-13-15-17-19-21-23-25-27-29-30-31-32-33-34-35-36-37-38-39-41-43-45-47-49-51-53-55-57-59-61-63-70(73)79-68(67-78-80(74,75)77-65-64-71)66-76-69(72)62-60-58-56-54-52-50-48-46-44-42-40-28-26-24-22-20-18-16-14-12-10-8-6-4-2/h5,7,11,13,17,19,23,25,29-30,32-33,35-36,38-39,43,45,68H,3-4,6,8-10,12,14-16,18,20-22,24,26-28,31,34,37,40-42,44,46-67,71H2,1-2H3,(H,74,75)/b7-5-,13-11-,19-17-,25-23-,30-29-,33-32-,36-35-,39-38-,45-43-. The number of rotatable bonds is 61. The molecule has 0 aliphatic carbocycles. The highest BCUT2D eigenvalue weighted by atomic mass is 31.2. The van der Waals surface area contributed by atoms with E-state index >= 15 is 0 Å². The van der Waals surface area contributed by atoms with Crippen LogP contribution in [0.2, 0.25) is 0 Å². The van der Waals surface area contributed by atoms with Crippen LogP contribution in [0.3, 0.4) is 0 Å². The SMILES string of the molecule is CC/C=C\C/C=C\C/C=C\C/C=C\C/C=C\C/C=C\C/C=C\C/C=C\C/C=C\CCCCCCCCCC(=O)OC(COC(=O)CCCCCCCCCCCCCCCCCCCCCCCCCC)COP(=O)(O)OCCN. The zero-order chi connectivity index (χ0) is 58.0. The predicted molar refractivity (Wildman–Crippen MR) is 344 cm³/mol. The fraction of sp³-hybridized carbons (Fsp3) is 0.714. The maximum atomic E-state index is 12.7. The van der Waals surface area contributed by atoms with Crippen molar-refractivity contribution in [3.63, 3.8) is 0 Å². The maximum Gasteiger partial charge on any atom is 0.472 e. The van der Waals surface area contributed by atoms with Crippen LogP contribution in [0.4, 0.5) is 0 Å². The Morgan fingerprint density at radius 1 is 0.388 bits per heavy atom. The molecule has 0 rings (SSSR count). The Labute approximate surface area is 492 Å². The van der Waals surface area contributed by atoms with Crippen molar-refractivity contribution in [3.05, 3.63) is 109 Å². The Hall–Kier alpha value is -3.33. The van der Waals surface area contributed by atoms with Gasteiger partial charge in [-0.05, 0) is 83.5 Å². The minimum atomic E-state index is -4.40. The van der Waals surface area contributed by atoms with E-state index < -0.39 is 26.5 Å². The lowest BCUT2D eigenvalue weighted by Gasteiger charge is -2.19.